The van der Waals surface area contributed by atoms with Gasteiger partial charge in [0, 0.05) is 25.1 Å². The Balaban J connectivity index is 1.65. The summed E-state index contributed by atoms with van der Waals surface area (Å²) in [5, 5.41) is 3.31. The van der Waals surface area contributed by atoms with Crippen LogP contribution >= 0.6 is 0 Å². The molecule has 2 saturated heterocycles. The number of halogens is 3. The molecule has 4 atom stereocenters. The number of rotatable bonds is 4. The predicted molar refractivity (Wildman–Crippen MR) is 91.3 cm³/mol. The first kappa shape index (κ1) is 19.2. The van der Waals surface area contributed by atoms with Gasteiger partial charge in [-0.05, 0) is 44.4 Å². The fourth-order valence-electron chi connectivity index (χ4n) is 3.75. The largest absolute Gasteiger partial charge is 0.416 e. The molecule has 1 N–H and O–H groups in total. The summed E-state index contributed by atoms with van der Waals surface area (Å²) in [4.78, 5) is 14.6. The number of ether oxygens (including phenoxy) is 1. The minimum absolute atomic E-state index is 0.0807. The van der Waals surface area contributed by atoms with Crippen LogP contribution in [-0.4, -0.2) is 36.2 Å². The van der Waals surface area contributed by atoms with Crippen molar-refractivity contribution in [3.63, 3.8) is 0 Å². The van der Waals surface area contributed by atoms with Crippen molar-refractivity contribution in [2.24, 2.45) is 5.92 Å². The van der Waals surface area contributed by atoms with Crippen molar-refractivity contribution in [1.29, 1.82) is 0 Å². The van der Waals surface area contributed by atoms with Crippen LogP contribution in [0.2, 0.25) is 0 Å². The summed E-state index contributed by atoms with van der Waals surface area (Å²) in [6.07, 6.45) is -1.99. The van der Waals surface area contributed by atoms with Gasteiger partial charge in [0.15, 0.2) is 0 Å². The van der Waals surface area contributed by atoms with E-state index in [1.54, 1.807) is 6.07 Å². The van der Waals surface area contributed by atoms with Gasteiger partial charge in [-0.1, -0.05) is 12.1 Å². The van der Waals surface area contributed by atoms with Crippen molar-refractivity contribution < 1.29 is 22.7 Å². The molecule has 1 aromatic rings. The van der Waals surface area contributed by atoms with Gasteiger partial charge in [0.2, 0.25) is 5.91 Å². The van der Waals surface area contributed by atoms with E-state index in [0.29, 0.717) is 18.8 Å². The van der Waals surface area contributed by atoms with E-state index in [0.717, 1.165) is 25.3 Å². The third-order valence-electron chi connectivity index (χ3n) is 5.30. The van der Waals surface area contributed by atoms with E-state index in [2.05, 4.69) is 5.32 Å². The number of carbonyl (C=O) groups excluding carboxylic acids is 1. The van der Waals surface area contributed by atoms with Crippen LogP contribution in [0.1, 0.15) is 50.3 Å². The maximum absolute atomic E-state index is 12.9. The summed E-state index contributed by atoms with van der Waals surface area (Å²) in [6, 6.07) is 5.18. The SMILES string of the molecule is CC1CC(N[C@H](C)c2cccc(C(F)(F)F)c2)N1C(=O)C1CCCOC1. The van der Waals surface area contributed by atoms with Gasteiger partial charge >= 0.3 is 6.18 Å². The van der Waals surface area contributed by atoms with Gasteiger partial charge in [-0.25, -0.2) is 0 Å². The Morgan fingerprint density at radius 1 is 1.38 bits per heavy atom. The topological polar surface area (TPSA) is 41.6 Å². The zero-order chi connectivity index (χ0) is 18.9. The molecule has 1 aromatic carbocycles. The fourth-order valence-corrected chi connectivity index (χ4v) is 3.75. The van der Waals surface area contributed by atoms with Gasteiger partial charge < -0.3 is 9.64 Å². The van der Waals surface area contributed by atoms with Gasteiger partial charge in [-0.2, -0.15) is 13.2 Å². The Hall–Kier alpha value is -1.60. The lowest BCUT2D eigenvalue weighted by Gasteiger charge is -2.50. The van der Waals surface area contributed by atoms with Gasteiger partial charge in [0.1, 0.15) is 0 Å². The molecule has 3 rings (SSSR count). The quantitative estimate of drug-likeness (QED) is 0.878. The molecule has 0 bridgehead atoms. The summed E-state index contributed by atoms with van der Waals surface area (Å²) < 4.78 is 44.1. The van der Waals surface area contributed by atoms with Crippen molar-refractivity contribution in [3.8, 4) is 0 Å². The van der Waals surface area contributed by atoms with Crippen LogP contribution in [0.5, 0.6) is 0 Å². The minimum atomic E-state index is -4.36. The van der Waals surface area contributed by atoms with Crippen LogP contribution in [0.3, 0.4) is 0 Å². The third kappa shape index (κ3) is 4.04. The number of hydrogen-bond acceptors (Lipinski definition) is 3. The fraction of sp³-hybridized carbons (Fsp3) is 0.632. The van der Waals surface area contributed by atoms with Gasteiger partial charge in [-0.3, -0.25) is 10.1 Å². The Kier molecular flexibility index (Phi) is 5.58. The minimum Gasteiger partial charge on any atom is -0.381 e. The molecule has 26 heavy (non-hydrogen) atoms. The smallest absolute Gasteiger partial charge is 0.381 e. The molecular formula is C19H25F3N2O2. The molecule has 2 fully saturated rings. The van der Waals surface area contributed by atoms with Crippen molar-refractivity contribution in [2.45, 2.75) is 57.5 Å². The molecule has 144 valence electrons. The monoisotopic (exact) mass is 370 g/mol. The van der Waals surface area contributed by atoms with Crippen LogP contribution < -0.4 is 5.32 Å². The highest BCUT2D eigenvalue weighted by Gasteiger charge is 2.42. The molecule has 4 nitrogen and oxygen atoms in total. The first-order chi connectivity index (χ1) is 12.3. The second kappa shape index (κ2) is 7.56. The van der Waals surface area contributed by atoms with Crippen LogP contribution in [-0.2, 0) is 15.7 Å². The molecule has 0 aromatic heterocycles. The maximum atomic E-state index is 12.9. The predicted octanol–water partition coefficient (Wildman–Crippen LogP) is 3.73. The normalized spacial score (nSPS) is 27.7. The number of alkyl halides is 3. The zero-order valence-electron chi connectivity index (χ0n) is 15.1. The highest BCUT2D eigenvalue weighted by Crippen LogP contribution is 2.33. The first-order valence-corrected chi connectivity index (χ1v) is 9.10. The number of carbonyl (C=O) groups is 1. The third-order valence-corrected chi connectivity index (χ3v) is 5.30. The second-order valence-corrected chi connectivity index (χ2v) is 7.27. The van der Waals surface area contributed by atoms with E-state index in [9.17, 15) is 18.0 Å². The molecule has 1 amide bonds. The van der Waals surface area contributed by atoms with Crippen LogP contribution in [0, 0.1) is 5.92 Å². The number of nitrogens with zero attached hydrogens (tertiary/aromatic N) is 1. The van der Waals surface area contributed by atoms with Crippen molar-refractivity contribution in [3.05, 3.63) is 35.4 Å². The van der Waals surface area contributed by atoms with E-state index in [4.69, 9.17) is 4.74 Å². The van der Waals surface area contributed by atoms with Gasteiger partial charge in [0.25, 0.3) is 0 Å². The standard InChI is InChI=1S/C19H25F3N2O2/c1-12-9-17(24(12)18(25)15-6-4-8-26-11-15)23-13(2)14-5-3-7-16(10-14)19(20,21)22/h3,5,7,10,12-13,15,17,23H,4,6,8-9,11H2,1-2H3/t12?,13-,15?,17?/m1/s1. The van der Waals surface area contributed by atoms with E-state index >= 15 is 0 Å². The summed E-state index contributed by atoms with van der Waals surface area (Å²) >= 11 is 0. The lowest BCUT2D eigenvalue weighted by atomic mass is 9.93. The Morgan fingerprint density at radius 3 is 2.77 bits per heavy atom. The van der Waals surface area contributed by atoms with Gasteiger partial charge in [0.05, 0.1) is 24.3 Å². The van der Waals surface area contributed by atoms with Crippen LogP contribution in [0.4, 0.5) is 13.2 Å². The Labute approximate surface area is 151 Å². The lowest BCUT2D eigenvalue weighted by Crippen LogP contribution is -2.65. The Bertz CT molecular complexity index is 644. The highest BCUT2D eigenvalue weighted by atomic mass is 19.4. The van der Waals surface area contributed by atoms with E-state index in [1.807, 2.05) is 18.7 Å². The number of nitrogens with one attached hydrogen (secondary N) is 1. The summed E-state index contributed by atoms with van der Waals surface area (Å²) in [5.41, 5.74) is -0.0920. The Morgan fingerprint density at radius 2 is 2.15 bits per heavy atom. The first-order valence-electron chi connectivity index (χ1n) is 9.10. The molecular weight excluding hydrogens is 345 g/mol. The van der Waals surface area contributed by atoms with Crippen molar-refractivity contribution in [2.75, 3.05) is 13.2 Å². The van der Waals surface area contributed by atoms with Crippen molar-refractivity contribution in [1.82, 2.24) is 10.2 Å². The molecule has 2 aliphatic rings. The highest BCUT2D eigenvalue weighted by molar-refractivity contribution is 5.80. The molecule has 0 saturated carbocycles. The molecule has 0 aliphatic carbocycles. The van der Waals surface area contributed by atoms with Crippen LogP contribution in [0.15, 0.2) is 24.3 Å². The number of hydrogen-bond donors (Lipinski definition) is 1. The summed E-state index contributed by atoms with van der Waals surface area (Å²) in [7, 11) is 0. The molecule has 3 unspecified atom stereocenters. The molecule has 2 aliphatic heterocycles. The summed E-state index contributed by atoms with van der Waals surface area (Å²) in [6.45, 7) is 4.98. The lowest BCUT2D eigenvalue weighted by molar-refractivity contribution is -0.155. The molecule has 0 spiro atoms. The molecule has 2 heterocycles. The van der Waals surface area contributed by atoms with E-state index in [-0.39, 0.29) is 30.1 Å². The second-order valence-electron chi connectivity index (χ2n) is 7.27. The van der Waals surface area contributed by atoms with E-state index in [1.165, 1.54) is 12.1 Å². The van der Waals surface area contributed by atoms with Gasteiger partial charge in [-0.15, -0.1) is 0 Å². The van der Waals surface area contributed by atoms with E-state index < -0.39 is 11.7 Å². The summed E-state index contributed by atoms with van der Waals surface area (Å²) in [5.74, 6) is -0.0307. The molecule has 0 radical (unpaired) electrons. The average molecular weight is 370 g/mol. The number of benzene rings is 1. The zero-order valence-corrected chi connectivity index (χ0v) is 15.1. The number of likely N-dealkylation sites (tertiary alicyclic amines) is 1. The molecule has 7 heteroatoms. The average Bonchev–Trinajstić information content (AvgIpc) is 2.61. The maximum Gasteiger partial charge on any atom is 0.416 e. The van der Waals surface area contributed by atoms with Crippen molar-refractivity contribution >= 4 is 5.91 Å². The number of amides is 1. The van der Waals surface area contributed by atoms with Crippen LogP contribution in [0.25, 0.3) is 0 Å².